The van der Waals surface area contributed by atoms with E-state index in [-0.39, 0.29) is 22.6 Å². The van der Waals surface area contributed by atoms with Gasteiger partial charge in [0.25, 0.3) is 0 Å². The Balaban J connectivity index is 1.58. The van der Waals surface area contributed by atoms with E-state index in [0.717, 1.165) is 29.3 Å². The number of aliphatic hydroxyl groups is 1. The van der Waals surface area contributed by atoms with Crippen molar-refractivity contribution in [1.82, 2.24) is 14.9 Å². The van der Waals surface area contributed by atoms with Gasteiger partial charge in [-0.25, -0.2) is 18.6 Å². The minimum absolute atomic E-state index is 0.0580. The zero-order valence-corrected chi connectivity index (χ0v) is 20.1. The summed E-state index contributed by atoms with van der Waals surface area (Å²) in [6.07, 6.45) is -4.39. The number of carbonyl (C=O) groups is 1. The van der Waals surface area contributed by atoms with Gasteiger partial charge in [0, 0.05) is 19.2 Å². The Morgan fingerprint density at radius 3 is 2.71 bits per heavy atom. The van der Waals surface area contributed by atoms with Gasteiger partial charge in [-0.15, -0.1) is 0 Å². The smallest absolute Gasteiger partial charge is 0.405 e. The largest absolute Gasteiger partial charge is 0.413 e. The van der Waals surface area contributed by atoms with Crippen LogP contribution in [0, 0.1) is 17.6 Å². The molecule has 2 aliphatic rings. The van der Waals surface area contributed by atoms with Crippen LogP contribution in [0.1, 0.15) is 26.2 Å². The van der Waals surface area contributed by atoms with Crippen LogP contribution in [-0.4, -0.2) is 51.7 Å². The Hall–Kier alpha value is -3.74. The summed E-state index contributed by atoms with van der Waals surface area (Å²) >= 11 is 0. The lowest BCUT2D eigenvalue weighted by atomic mass is 10.1. The maximum absolute atomic E-state index is 14.8. The third-order valence-electron chi connectivity index (χ3n) is 7.01. The van der Waals surface area contributed by atoms with Crippen LogP contribution in [0.5, 0.6) is 5.75 Å². The van der Waals surface area contributed by atoms with Crippen molar-refractivity contribution in [2.24, 2.45) is 5.92 Å². The van der Waals surface area contributed by atoms with Crippen LogP contribution >= 0.6 is 0 Å². The standard InChI is InChI=1S/C25H23F5N4O4/c1-2-19(25(28,29)30)31-23(36)38-18-11-34(17-5-3-14(26)9-16(17)27)22-15(21(18)35)4-6-20(32-22)33-8-7-13-10-24(13,37)12-33/h3-6,9,11,13,19,37H,2,7-8,10,12H2,1H3,(H,31,36)/t13?,19-,24?/m1/s1. The number of anilines is 1. The van der Waals surface area contributed by atoms with Crippen LogP contribution < -0.4 is 20.4 Å². The molecule has 5 rings (SSSR count). The van der Waals surface area contributed by atoms with E-state index in [4.69, 9.17) is 4.74 Å². The molecule has 1 saturated carbocycles. The number of pyridine rings is 2. The molecule has 13 heteroatoms. The van der Waals surface area contributed by atoms with Crippen molar-refractivity contribution in [3.8, 4) is 11.4 Å². The third kappa shape index (κ3) is 4.77. The quantitative estimate of drug-likeness (QED) is 0.476. The number of rotatable bonds is 5. The van der Waals surface area contributed by atoms with Crippen LogP contribution in [0.15, 0.2) is 41.3 Å². The summed E-state index contributed by atoms with van der Waals surface area (Å²) in [4.78, 5) is 31.7. The number of carbonyl (C=O) groups excluding carboxylic acids is 1. The Morgan fingerprint density at radius 1 is 1.29 bits per heavy atom. The molecule has 3 atom stereocenters. The number of nitrogens with one attached hydrogen (secondary N) is 1. The van der Waals surface area contributed by atoms with E-state index in [1.807, 2.05) is 4.90 Å². The van der Waals surface area contributed by atoms with Crippen molar-refractivity contribution in [3.05, 3.63) is 58.4 Å². The van der Waals surface area contributed by atoms with Gasteiger partial charge < -0.3 is 20.1 Å². The average molecular weight is 538 g/mol. The second kappa shape index (κ2) is 9.22. The minimum Gasteiger partial charge on any atom is -0.405 e. The molecule has 1 saturated heterocycles. The normalized spacial score (nSPS) is 21.7. The van der Waals surface area contributed by atoms with E-state index < -0.39 is 53.1 Å². The number of hydrogen-bond acceptors (Lipinski definition) is 6. The van der Waals surface area contributed by atoms with E-state index in [9.17, 15) is 36.6 Å². The number of halogens is 5. The molecule has 0 spiro atoms. The number of aromatic nitrogens is 2. The molecular weight excluding hydrogens is 515 g/mol. The second-order valence-electron chi connectivity index (χ2n) is 9.58. The molecule has 2 aromatic heterocycles. The van der Waals surface area contributed by atoms with Crippen molar-refractivity contribution in [2.45, 2.75) is 44.0 Å². The van der Waals surface area contributed by atoms with E-state index in [0.29, 0.717) is 31.4 Å². The Morgan fingerprint density at radius 2 is 2.05 bits per heavy atom. The zero-order chi connectivity index (χ0) is 27.4. The maximum Gasteiger partial charge on any atom is 0.413 e. The van der Waals surface area contributed by atoms with E-state index in [1.54, 1.807) is 5.32 Å². The molecule has 2 N–H and O–H groups in total. The molecule has 1 amide bonds. The summed E-state index contributed by atoms with van der Waals surface area (Å²) in [5, 5.41) is 12.1. The second-order valence-corrected chi connectivity index (χ2v) is 9.58. The number of amides is 1. The van der Waals surface area contributed by atoms with Crippen LogP contribution in [0.3, 0.4) is 0 Å². The number of nitrogens with zero attached hydrogens (tertiary/aromatic N) is 3. The molecule has 3 aromatic rings. The number of hydrogen-bond donors (Lipinski definition) is 2. The number of piperidine rings is 1. The van der Waals surface area contributed by atoms with Crippen LogP contribution in [-0.2, 0) is 0 Å². The fraction of sp³-hybridized carbons (Fsp3) is 0.400. The molecule has 2 unspecified atom stereocenters. The first-order valence-electron chi connectivity index (χ1n) is 11.9. The number of fused-ring (bicyclic) bond motifs is 2. The first kappa shape index (κ1) is 25.9. The van der Waals surface area contributed by atoms with Gasteiger partial charge in [-0.1, -0.05) is 6.92 Å². The number of alkyl halides is 3. The topological polar surface area (TPSA) is 96.7 Å². The molecule has 1 aliphatic carbocycles. The Kier molecular flexibility index (Phi) is 6.28. The Bertz CT molecular complexity index is 1480. The summed E-state index contributed by atoms with van der Waals surface area (Å²) < 4.78 is 73.7. The number of benzene rings is 1. The first-order valence-corrected chi connectivity index (χ1v) is 11.9. The molecule has 202 valence electrons. The highest BCUT2D eigenvalue weighted by atomic mass is 19.4. The fourth-order valence-electron chi connectivity index (χ4n) is 4.81. The van der Waals surface area contributed by atoms with Crippen molar-refractivity contribution >= 4 is 22.9 Å². The van der Waals surface area contributed by atoms with Gasteiger partial charge in [-0.05, 0) is 49.4 Å². The molecular formula is C25H23F5N4O4. The van der Waals surface area contributed by atoms with Gasteiger partial charge in [0.2, 0.25) is 5.43 Å². The molecule has 0 bridgehead atoms. The molecule has 0 radical (unpaired) electrons. The summed E-state index contributed by atoms with van der Waals surface area (Å²) in [6, 6.07) is 3.35. The van der Waals surface area contributed by atoms with Crippen LogP contribution in [0.2, 0.25) is 0 Å². The van der Waals surface area contributed by atoms with Gasteiger partial charge in [-0.2, -0.15) is 13.2 Å². The molecule has 1 aliphatic heterocycles. The van der Waals surface area contributed by atoms with Gasteiger partial charge in [0.15, 0.2) is 11.4 Å². The number of β-amino-alcohol motifs (C(OH)–C–C–N with tert-alkyl or cyclic N) is 1. The van der Waals surface area contributed by atoms with Gasteiger partial charge in [-0.3, -0.25) is 9.36 Å². The highest BCUT2D eigenvalue weighted by Gasteiger charge is 2.56. The van der Waals surface area contributed by atoms with Gasteiger partial charge >= 0.3 is 12.3 Å². The molecule has 2 fully saturated rings. The van der Waals surface area contributed by atoms with E-state index >= 15 is 0 Å². The average Bonchev–Trinajstić information content (AvgIpc) is 3.54. The highest BCUT2D eigenvalue weighted by Crippen LogP contribution is 2.49. The maximum atomic E-state index is 14.8. The monoisotopic (exact) mass is 538 g/mol. The zero-order valence-electron chi connectivity index (χ0n) is 20.1. The highest BCUT2D eigenvalue weighted by molar-refractivity contribution is 5.81. The lowest BCUT2D eigenvalue weighted by Crippen LogP contribution is -2.46. The summed E-state index contributed by atoms with van der Waals surface area (Å²) in [5.41, 5.74) is -1.98. The first-order chi connectivity index (χ1) is 17.9. The fourth-order valence-corrected chi connectivity index (χ4v) is 4.81. The molecule has 38 heavy (non-hydrogen) atoms. The van der Waals surface area contributed by atoms with Crippen molar-refractivity contribution in [1.29, 1.82) is 0 Å². The number of ether oxygens (including phenoxy) is 1. The van der Waals surface area contributed by atoms with Gasteiger partial charge in [0.05, 0.1) is 22.9 Å². The molecule has 8 nitrogen and oxygen atoms in total. The third-order valence-corrected chi connectivity index (χ3v) is 7.01. The summed E-state index contributed by atoms with van der Waals surface area (Å²) in [5.74, 6) is -1.94. The minimum atomic E-state index is -4.74. The predicted molar refractivity (Wildman–Crippen MR) is 126 cm³/mol. The predicted octanol–water partition coefficient (Wildman–Crippen LogP) is 4.05. The molecule has 1 aromatic carbocycles. The van der Waals surface area contributed by atoms with E-state index in [1.165, 1.54) is 19.1 Å². The lowest BCUT2D eigenvalue weighted by Gasteiger charge is -2.31. The van der Waals surface area contributed by atoms with Crippen molar-refractivity contribution in [3.63, 3.8) is 0 Å². The lowest BCUT2D eigenvalue weighted by molar-refractivity contribution is -0.154. The Labute approximate surface area is 212 Å². The SMILES string of the molecule is CC[C@@H](NC(=O)Oc1cn(-c2ccc(F)cc2F)c2nc(N3CCC4CC4(O)C3)ccc2c1=O)C(F)(F)F. The van der Waals surface area contributed by atoms with Crippen molar-refractivity contribution < 1.29 is 36.6 Å². The van der Waals surface area contributed by atoms with Crippen molar-refractivity contribution in [2.75, 3.05) is 18.0 Å². The van der Waals surface area contributed by atoms with Crippen LogP contribution in [0.4, 0.5) is 32.6 Å². The summed E-state index contributed by atoms with van der Waals surface area (Å²) in [7, 11) is 0. The van der Waals surface area contributed by atoms with Crippen LogP contribution in [0.25, 0.3) is 16.7 Å². The van der Waals surface area contributed by atoms with Gasteiger partial charge in [0.1, 0.15) is 23.5 Å². The van der Waals surface area contributed by atoms with E-state index in [2.05, 4.69) is 4.98 Å². The molecule has 3 heterocycles. The summed E-state index contributed by atoms with van der Waals surface area (Å²) in [6.45, 7) is 2.14.